The second-order valence-electron chi connectivity index (χ2n) is 7.94. The van der Waals surface area contributed by atoms with E-state index < -0.39 is 30.0 Å². The number of alkyl halides is 2. The lowest BCUT2D eigenvalue weighted by atomic mass is 10.0. The van der Waals surface area contributed by atoms with Crippen molar-refractivity contribution < 1.29 is 28.2 Å². The summed E-state index contributed by atoms with van der Waals surface area (Å²) in [5.74, 6) is -1.32. The normalized spacial score (nSPS) is 12.1. The van der Waals surface area contributed by atoms with Crippen molar-refractivity contribution in [3.8, 4) is 11.6 Å². The average molecular weight is 457 g/mol. The second kappa shape index (κ2) is 9.81. The predicted molar refractivity (Wildman–Crippen MR) is 118 cm³/mol. The molecule has 3 aromatic rings. The quantitative estimate of drug-likeness (QED) is 0.468. The van der Waals surface area contributed by atoms with Gasteiger partial charge in [0.2, 0.25) is 5.88 Å². The van der Waals surface area contributed by atoms with E-state index in [0.29, 0.717) is 11.3 Å². The molecule has 0 aliphatic heterocycles. The molecule has 0 saturated heterocycles. The van der Waals surface area contributed by atoms with Crippen LogP contribution in [0.25, 0.3) is 0 Å². The van der Waals surface area contributed by atoms with E-state index in [-0.39, 0.29) is 22.9 Å². The van der Waals surface area contributed by atoms with Gasteiger partial charge in [-0.3, -0.25) is 4.79 Å². The topological polar surface area (TPSA) is 93.4 Å². The third-order valence-electron chi connectivity index (χ3n) is 5.20. The van der Waals surface area contributed by atoms with Gasteiger partial charge < -0.3 is 15.2 Å². The fourth-order valence-electron chi connectivity index (χ4n) is 3.33. The Morgan fingerprint density at radius 1 is 1.06 bits per heavy atom. The molecule has 3 rings (SSSR count). The lowest BCUT2D eigenvalue weighted by molar-refractivity contribution is 0.0696. The van der Waals surface area contributed by atoms with Crippen LogP contribution in [0.5, 0.6) is 11.6 Å². The molecule has 1 atom stereocenters. The summed E-state index contributed by atoms with van der Waals surface area (Å²) >= 11 is 0. The zero-order valence-corrected chi connectivity index (χ0v) is 18.7. The first-order valence-corrected chi connectivity index (χ1v) is 10.4. The van der Waals surface area contributed by atoms with Crippen LogP contribution in [-0.2, 0) is 7.05 Å². The molecule has 0 aliphatic rings. The van der Waals surface area contributed by atoms with Gasteiger partial charge in [0.25, 0.3) is 12.3 Å². The molecule has 9 heteroatoms. The van der Waals surface area contributed by atoms with E-state index in [1.165, 1.54) is 19.2 Å². The number of carbonyl (C=O) groups is 2. The molecule has 1 heterocycles. The number of halogens is 2. The van der Waals surface area contributed by atoms with Gasteiger partial charge in [-0.25, -0.2) is 18.3 Å². The van der Waals surface area contributed by atoms with Crippen LogP contribution >= 0.6 is 0 Å². The molecule has 7 nitrogen and oxygen atoms in total. The minimum absolute atomic E-state index is 0.0999. The van der Waals surface area contributed by atoms with Gasteiger partial charge in [0, 0.05) is 7.05 Å². The zero-order chi connectivity index (χ0) is 24.3. The van der Waals surface area contributed by atoms with Crippen LogP contribution in [0.3, 0.4) is 0 Å². The predicted octanol–water partition coefficient (Wildman–Crippen LogP) is 5.46. The monoisotopic (exact) mass is 457 g/mol. The van der Waals surface area contributed by atoms with Crippen LogP contribution in [0.4, 0.5) is 8.78 Å². The number of hydrogen-bond acceptors (Lipinski definition) is 4. The third-order valence-corrected chi connectivity index (χ3v) is 5.20. The third kappa shape index (κ3) is 5.36. The van der Waals surface area contributed by atoms with Crippen LogP contribution in [0.15, 0.2) is 48.5 Å². The number of amides is 1. The molecule has 0 fully saturated rings. The first kappa shape index (κ1) is 23.9. The number of benzene rings is 2. The van der Waals surface area contributed by atoms with Crippen LogP contribution in [0, 0.1) is 0 Å². The Morgan fingerprint density at radius 3 is 2.30 bits per heavy atom. The van der Waals surface area contributed by atoms with Gasteiger partial charge in [-0.05, 0) is 48.2 Å². The summed E-state index contributed by atoms with van der Waals surface area (Å²) in [6.45, 7) is 5.70. The van der Waals surface area contributed by atoms with Crippen molar-refractivity contribution in [2.24, 2.45) is 7.05 Å². The fourth-order valence-corrected chi connectivity index (χ4v) is 3.33. The van der Waals surface area contributed by atoms with E-state index in [1.807, 2.05) is 19.9 Å². The number of carboxylic acids is 1. The Hall–Kier alpha value is -3.75. The summed E-state index contributed by atoms with van der Waals surface area (Å²) < 4.78 is 34.4. The zero-order valence-electron chi connectivity index (χ0n) is 18.7. The first-order valence-electron chi connectivity index (χ1n) is 10.4. The summed E-state index contributed by atoms with van der Waals surface area (Å²) in [5, 5.41) is 15.5. The number of ether oxygens (including phenoxy) is 1. The number of aromatic nitrogens is 2. The highest BCUT2D eigenvalue weighted by molar-refractivity contribution is 5.98. The van der Waals surface area contributed by atoms with Gasteiger partial charge in [0.15, 0.2) is 0 Å². The highest BCUT2D eigenvalue weighted by Crippen LogP contribution is 2.33. The van der Waals surface area contributed by atoms with Gasteiger partial charge in [-0.15, -0.1) is 0 Å². The van der Waals surface area contributed by atoms with Crippen molar-refractivity contribution in [1.29, 1.82) is 0 Å². The number of aromatic carboxylic acids is 1. The van der Waals surface area contributed by atoms with E-state index >= 15 is 0 Å². The van der Waals surface area contributed by atoms with Gasteiger partial charge >= 0.3 is 5.97 Å². The van der Waals surface area contributed by atoms with Crippen molar-refractivity contribution in [2.45, 2.75) is 39.2 Å². The van der Waals surface area contributed by atoms with Gasteiger partial charge in [0.1, 0.15) is 17.0 Å². The summed E-state index contributed by atoms with van der Waals surface area (Å²) in [5.41, 5.74) is 0.676. The van der Waals surface area contributed by atoms with Crippen LogP contribution in [0.1, 0.15) is 76.7 Å². The molecule has 0 saturated carbocycles. The molecule has 0 radical (unpaired) electrons. The molecular formula is C24H25F2N3O4. The molecule has 0 unspecified atom stereocenters. The van der Waals surface area contributed by atoms with Gasteiger partial charge in [-0.2, -0.15) is 5.10 Å². The molecule has 2 N–H and O–H groups in total. The number of carboxylic acid groups (broad SMARTS) is 1. The van der Waals surface area contributed by atoms with Crippen molar-refractivity contribution in [3.05, 3.63) is 76.5 Å². The number of nitrogens with one attached hydrogen (secondary N) is 1. The Kier molecular flexibility index (Phi) is 7.10. The van der Waals surface area contributed by atoms with Crippen molar-refractivity contribution in [1.82, 2.24) is 15.1 Å². The molecule has 1 aromatic heterocycles. The van der Waals surface area contributed by atoms with Crippen molar-refractivity contribution >= 4 is 11.9 Å². The maximum Gasteiger partial charge on any atom is 0.335 e. The number of rotatable bonds is 8. The summed E-state index contributed by atoms with van der Waals surface area (Å²) in [4.78, 5) is 24.1. The minimum Gasteiger partial charge on any atom is -0.478 e. The van der Waals surface area contributed by atoms with Gasteiger partial charge in [0.05, 0.1) is 11.6 Å². The fraction of sp³-hybridized carbons (Fsp3) is 0.292. The molecule has 0 spiro atoms. The molecule has 1 amide bonds. The molecule has 2 aromatic carbocycles. The molecule has 174 valence electrons. The highest BCUT2D eigenvalue weighted by atomic mass is 19.3. The van der Waals surface area contributed by atoms with Crippen LogP contribution in [-0.4, -0.2) is 26.8 Å². The molecule has 0 bridgehead atoms. The Labute approximate surface area is 190 Å². The number of nitrogens with zero attached hydrogens (tertiary/aromatic N) is 2. The maximum atomic E-state index is 13.7. The Bertz CT molecular complexity index is 1160. The van der Waals surface area contributed by atoms with Gasteiger partial charge in [-0.1, -0.05) is 38.1 Å². The number of hydrogen-bond donors (Lipinski definition) is 2. The van der Waals surface area contributed by atoms with Crippen molar-refractivity contribution in [2.75, 3.05) is 0 Å². The van der Waals surface area contributed by atoms with Crippen molar-refractivity contribution in [3.63, 3.8) is 0 Å². The summed E-state index contributed by atoms with van der Waals surface area (Å²) in [7, 11) is 1.43. The van der Waals surface area contributed by atoms with E-state index in [4.69, 9.17) is 9.84 Å². The molecule has 0 aliphatic carbocycles. The van der Waals surface area contributed by atoms with Crippen LogP contribution < -0.4 is 10.1 Å². The molecule has 33 heavy (non-hydrogen) atoms. The highest BCUT2D eigenvalue weighted by Gasteiger charge is 2.30. The van der Waals surface area contributed by atoms with E-state index in [2.05, 4.69) is 10.4 Å². The molecular weight excluding hydrogens is 432 g/mol. The minimum atomic E-state index is -2.98. The largest absolute Gasteiger partial charge is 0.478 e. The number of carbonyl (C=O) groups excluding carboxylic acids is 1. The Morgan fingerprint density at radius 2 is 1.73 bits per heavy atom. The lowest BCUT2D eigenvalue weighted by Gasteiger charge is -2.16. The summed E-state index contributed by atoms with van der Waals surface area (Å²) in [6.07, 6.45) is -2.98. The second-order valence-corrected chi connectivity index (χ2v) is 7.94. The lowest BCUT2D eigenvalue weighted by Crippen LogP contribution is -2.27. The van der Waals surface area contributed by atoms with E-state index in [0.717, 1.165) is 10.2 Å². The smallest absolute Gasteiger partial charge is 0.335 e. The van der Waals surface area contributed by atoms with Crippen LogP contribution in [0.2, 0.25) is 0 Å². The van der Waals surface area contributed by atoms with E-state index in [9.17, 15) is 18.4 Å². The Balaban J connectivity index is 1.91. The average Bonchev–Trinajstić information content (AvgIpc) is 3.10. The SMILES string of the molecule is CC(C)c1cccc(Oc2c(C(=O)N[C@@H](C)c3ccc(C(=O)O)cc3)c(C(F)F)nn2C)c1. The maximum absolute atomic E-state index is 13.7. The number of aryl methyl sites for hydroxylation is 1. The van der Waals surface area contributed by atoms with E-state index in [1.54, 1.807) is 37.3 Å². The summed E-state index contributed by atoms with van der Waals surface area (Å²) in [6, 6.07) is 12.5. The first-order chi connectivity index (χ1) is 15.6. The standard InChI is InChI=1S/C24H25F2N3O4/c1-13(2)17-6-5-7-18(12-17)33-23-19(20(21(25)26)28-29(23)4)22(30)27-14(3)15-8-10-16(11-9-15)24(31)32/h5-14,21H,1-4H3,(H,27,30)(H,31,32)/t14-/m0/s1.